The first-order valence-corrected chi connectivity index (χ1v) is 10.2. The van der Waals surface area contributed by atoms with Crippen LogP contribution >= 0.6 is 11.3 Å². The zero-order valence-corrected chi connectivity index (χ0v) is 16.2. The monoisotopic (exact) mass is 399 g/mol. The number of aromatic nitrogens is 2. The average molecular weight is 399 g/mol. The second-order valence-corrected chi connectivity index (χ2v) is 8.10. The number of anilines is 1. The number of para-hydroxylation sites is 1. The molecule has 4 nitrogen and oxygen atoms in total. The molecule has 1 aliphatic rings. The maximum Gasteiger partial charge on any atom is 0.197 e. The Balaban J connectivity index is 1.76. The molecule has 0 aliphatic heterocycles. The maximum atomic E-state index is 14.8. The number of methoxy groups -OCH3 is 1. The molecule has 2 heterocycles. The molecule has 1 N–H and O–H groups in total. The second-order valence-electron chi connectivity index (χ2n) is 7.09. The predicted octanol–water partition coefficient (Wildman–Crippen LogP) is 5.86. The van der Waals surface area contributed by atoms with Gasteiger partial charge in [0.1, 0.15) is 28.9 Å². The molecule has 0 spiro atoms. The van der Waals surface area contributed by atoms with Crippen molar-refractivity contribution in [2.24, 2.45) is 0 Å². The van der Waals surface area contributed by atoms with Gasteiger partial charge in [-0.25, -0.2) is 13.8 Å². The summed E-state index contributed by atoms with van der Waals surface area (Å²) in [6, 6.07) is 10.6. The summed E-state index contributed by atoms with van der Waals surface area (Å²) in [6.45, 7) is 0. The van der Waals surface area contributed by atoms with Crippen LogP contribution in [0.4, 0.5) is 14.6 Å². The minimum Gasteiger partial charge on any atom is -0.497 e. The van der Waals surface area contributed by atoms with Crippen LogP contribution in [0.1, 0.15) is 25.7 Å². The SMILES string of the molecule is COc1cc(F)c(-c2nc3sc4ccccc4n3c2NC2CCCC2)c(F)c1. The molecule has 2 aromatic heterocycles. The van der Waals surface area contributed by atoms with Crippen LogP contribution in [0.5, 0.6) is 5.75 Å². The van der Waals surface area contributed by atoms with E-state index >= 15 is 0 Å². The Morgan fingerprint density at radius 1 is 1.14 bits per heavy atom. The molecular weight excluding hydrogens is 380 g/mol. The topological polar surface area (TPSA) is 38.6 Å². The Morgan fingerprint density at radius 2 is 1.86 bits per heavy atom. The van der Waals surface area contributed by atoms with Crippen molar-refractivity contribution in [1.29, 1.82) is 0 Å². The molecule has 0 radical (unpaired) electrons. The third-order valence-corrected chi connectivity index (χ3v) is 6.36. The number of benzene rings is 2. The fourth-order valence-corrected chi connectivity index (χ4v) is 5.01. The third kappa shape index (κ3) is 2.73. The van der Waals surface area contributed by atoms with Crippen molar-refractivity contribution in [1.82, 2.24) is 9.38 Å². The van der Waals surface area contributed by atoms with Crippen molar-refractivity contribution in [3.63, 3.8) is 0 Å². The smallest absolute Gasteiger partial charge is 0.197 e. The van der Waals surface area contributed by atoms with Crippen molar-refractivity contribution < 1.29 is 13.5 Å². The normalized spacial score (nSPS) is 15.0. The molecule has 5 rings (SSSR count). The molecule has 7 heteroatoms. The largest absolute Gasteiger partial charge is 0.497 e. The summed E-state index contributed by atoms with van der Waals surface area (Å²) in [5.41, 5.74) is 1.17. The van der Waals surface area contributed by atoms with Gasteiger partial charge < -0.3 is 10.1 Å². The maximum absolute atomic E-state index is 14.8. The molecular formula is C21H19F2N3OS. The van der Waals surface area contributed by atoms with E-state index in [9.17, 15) is 8.78 Å². The number of rotatable bonds is 4. The zero-order valence-electron chi connectivity index (χ0n) is 15.3. The molecule has 1 saturated carbocycles. The van der Waals surface area contributed by atoms with E-state index in [1.807, 2.05) is 28.7 Å². The number of fused-ring (bicyclic) bond motifs is 3. The number of imidazole rings is 1. The van der Waals surface area contributed by atoms with Crippen LogP contribution in [0.15, 0.2) is 36.4 Å². The Bertz CT molecular complexity index is 1150. The van der Waals surface area contributed by atoms with Crippen LogP contribution in [0.2, 0.25) is 0 Å². The molecule has 4 aromatic rings. The van der Waals surface area contributed by atoms with Crippen LogP contribution in [0.3, 0.4) is 0 Å². The summed E-state index contributed by atoms with van der Waals surface area (Å²) in [7, 11) is 1.39. The van der Waals surface area contributed by atoms with Crippen LogP contribution in [-0.2, 0) is 0 Å². The fraction of sp³-hybridized carbons (Fsp3) is 0.286. The summed E-state index contributed by atoms with van der Waals surface area (Å²) in [5, 5.41) is 3.53. The molecule has 1 aliphatic carbocycles. The summed E-state index contributed by atoms with van der Waals surface area (Å²) in [4.78, 5) is 5.35. The van der Waals surface area contributed by atoms with Crippen LogP contribution in [0, 0.1) is 11.6 Å². The first-order valence-electron chi connectivity index (χ1n) is 9.35. The number of ether oxygens (including phenoxy) is 1. The standard InChI is InChI=1S/C21H19F2N3OS/c1-27-13-10-14(22)18(15(23)11-13)19-20(24-12-6-2-3-7-12)26-16-8-4-5-9-17(16)28-21(26)25-19/h4-5,8-12,24H,2-3,6-7H2,1H3. The molecule has 0 unspecified atom stereocenters. The highest BCUT2D eigenvalue weighted by Gasteiger charge is 2.26. The highest BCUT2D eigenvalue weighted by Crippen LogP contribution is 2.40. The van der Waals surface area contributed by atoms with E-state index in [-0.39, 0.29) is 17.4 Å². The van der Waals surface area contributed by atoms with E-state index in [0.29, 0.717) is 16.5 Å². The fourth-order valence-electron chi connectivity index (χ4n) is 3.98. The molecule has 0 atom stereocenters. The van der Waals surface area contributed by atoms with E-state index in [1.165, 1.54) is 30.6 Å². The molecule has 28 heavy (non-hydrogen) atoms. The first-order chi connectivity index (χ1) is 13.7. The van der Waals surface area contributed by atoms with Crippen LogP contribution in [-0.4, -0.2) is 22.5 Å². The molecule has 0 saturated heterocycles. The van der Waals surface area contributed by atoms with E-state index < -0.39 is 11.6 Å². The number of hydrogen-bond acceptors (Lipinski definition) is 4. The average Bonchev–Trinajstić information content (AvgIpc) is 3.38. The van der Waals surface area contributed by atoms with Gasteiger partial charge in [-0.3, -0.25) is 4.40 Å². The van der Waals surface area contributed by atoms with Crippen molar-refractivity contribution in [3.05, 3.63) is 48.0 Å². The van der Waals surface area contributed by atoms with Gasteiger partial charge in [-0.2, -0.15) is 0 Å². The van der Waals surface area contributed by atoms with E-state index in [4.69, 9.17) is 4.74 Å². The van der Waals surface area contributed by atoms with Gasteiger partial charge in [0, 0.05) is 18.2 Å². The lowest BCUT2D eigenvalue weighted by Crippen LogP contribution is -2.16. The number of halogens is 2. The molecule has 1 fully saturated rings. The summed E-state index contributed by atoms with van der Waals surface area (Å²) in [5.74, 6) is -0.555. The third-order valence-electron chi connectivity index (χ3n) is 5.34. The molecule has 2 aromatic carbocycles. The lowest BCUT2D eigenvalue weighted by atomic mass is 10.1. The van der Waals surface area contributed by atoms with Crippen molar-refractivity contribution in [3.8, 4) is 17.0 Å². The lowest BCUT2D eigenvalue weighted by molar-refractivity contribution is 0.407. The Kier molecular flexibility index (Phi) is 4.19. The second kappa shape index (κ2) is 6.74. The van der Waals surface area contributed by atoms with Crippen molar-refractivity contribution in [2.75, 3.05) is 12.4 Å². The molecule has 0 bridgehead atoms. The number of hydrogen-bond donors (Lipinski definition) is 1. The predicted molar refractivity (Wildman–Crippen MR) is 108 cm³/mol. The van der Waals surface area contributed by atoms with Crippen LogP contribution < -0.4 is 10.1 Å². The van der Waals surface area contributed by atoms with Gasteiger partial charge in [0.15, 0.2) is 4.96 Å². The van der Waals surface area contributed by atoms with Gasteiger partial charge in [0.05, 0.1) is 22.9 Å². The Labute approximate surface area is 164 Å². The van der Waals surface area contributed by atoms with E-state index in [2.05, 4.69) is 10.3 Å². The number of nitrogens with zero attached hydrogens (tertiary/aromatic N) is 2. The highest BCUT2D eigenvalue weighted by molar-refractivity contribution is 7.23. The van der Waals surface area contributed by atoms with Gasteiger partial charge in [-0.05, 0) is 25.0 Å². The lowest BCUT2D eigenvalue weighted by Gasteiger charge is -2.15. The van der Waals surface area contributed by atoms with Crippen molar-refractivity contribution in [2.45, 2.75) is 31.7 Å². The van der Waals surface area contributed by atoms with Gasteiger partial charge >= 0.3 is 0 Å². The molecule has 0 amide bonds. The zero-order chi connectivity index (χ0) is 19.3. The highest BCUT2D eigenvalue weighted by atomic mass is 32.1. The van der Waals surface area contributed by atoms with Gasteiger partial charge in [0.2, 0.25) is 0 Å². The van der Waals surface area contributed by atoms with Crippen LogP contribution in [0.25, 0.3) is 26.4 Å². The number of thiazole rings is 1. The van der Waals surface area contributed by atoms with Gasteiger partial charge in [0.25, 0.3) is 0 Å². The summed E-state index contributed by atoms with van der Waals surface area (Å²) >= 11 is 1.51. The van der Waals surface area contributed by atoms with E-state index in [1.54, 1.807) is 0 Å². The molecule has 144 valence electrons. The minimum absolute atomic E-state index is 0.124. The quantitative estimate of drug-likeness (QED) is 0.467. The Hall–Kier alpha value is -2.67. The van der Waals surface area contributed by atoms with Gasteiger partial charge in [-0.15, -0.1) is 0 Å². The first kappa shape index (κ1) is 17.4. The van der Waals surface area contributed by atoms with E-state index in [0.717, 1.165) is 35.9 Å². The minimum atomic E-state index is -0.679. The summed E-state index contributed by atoms with van der Waals surface area (Å²) in [6.07, 6.45) is 4.40. The summed E-state index contributed by atoms with van der Waals surface area (Å²) < 4.78 is 37.7. The van der Waals surface area contributed by atoms with Gasteiger partial charge in [-0.1, -0.05) is 36.3 Å². The Morgan fingerprint density at radius 3 is 2.57 bits per heavy atom. The number of nitrogens with one attached hydrogen (secondary N) is 1. The van der Waals surface area contributed by atoms with Crippen molar-refractivity contribution >= 4 is 32.3 Å².